The van der Waals surface area contributed by atoms with Gasteiger partial charge in [-0.3, -0.25) is 16.3 Å². The van der Waals surface area contributed by atoms with E-state index in [1.54, 1.807) is 18.5 Å². The van der Waals surface area contributed by atoms with Crippen molar-refractivity contribution in [3.8, 4) is 0 Å². The Morgan fingerprint density at radius 2 is 2.38 bits per heavy atom. The van der Waals surface area contributed by atoms with Crippen LogP contribution in [-0.4, -0.2) is 11.0 Å². The van der Waals surface area contributed by atoms with Crippen LogP contribution in [0.15, 0.2) is 18.5 Å². The summed E-state index contributed by atoms with van der Waals surface area (Å²) in [4.78, 5) is 4.02. The van der Waals surface area contributed by atoms with Crippen LogP contribution in [0, 0.1) is 0 Å². The lowest BCUT2D eigenvalue weighted by Gasteiger charge is -2.13. The Balaban J connectivity index is 2.67. The number of anilines is 1. The molecule has 1 atom stereocenters. The quantitative estimate of drug-likeness (QED) is 0.464. The Morgan fingerprint density at radius 1 is 1.62 bits per heavy atom. The maximum Gasteiger partial charge on any atom is 0.0378 e. The molecular weight excluding hydrogens is 164 g/mol. The van der Waals surface area contributed by atoms with Crippen molar-refractivity contribution in [2.75, 3.05) is 5.73 Å². The van der Waals surface area contributed by atoms with Gasteiger partial charge in [-0.25, -0.2) is 0 Å². The second kappa shape index (κ2) is 4.79. The zero-order chi connectivity index (χ0) is 9.68. The van der Waals surface area contributed by atoms with E-state index < -0.39 is 0 Å². The van der Waals surface area contributed by atoms with Crippen LogP contribution in [0.4, 0.5) is 5.69 Å². The van der Waals surface area contributed by atoms with E-state index in [1.807, 2.05) is 0 Å². The van der Waals surface area contributed by atoms with Crippen molar-refractivity contribution >= 4 is 5.69 Å². The maximum absolute atomic E-state index is 5.77. The molecule has 0 amide bonds. The van der Waals surface area contributed by atoms with E-state index in [9.17, 15) is 0 Å². The Bertz CT molecular complexity index is 258. The van der Waals surface area contributed by atoms with Gasteiger partial charge in [-0.05, 0) is 24.5 Å². The second-order valence-electron chi connectivity index (χ2n) is 3.05. The SMILES string of the molecule is CCC(Cc1cnccc1N)NN. The van der Waals surface area contributed by atoms with Crippen LogP contribution in [0.1, 0.15) is 18.9 Å². The molecule has 4 nitrogen and oxygen atoms in total. The highest BCUT2D eigenvalue weighted by Gasteiger charge is 2.06. The van der Waals surface area contributed by atoms with Gasteiger partial charge in [0.15, 0.2) is 0 Å². The van der Waals surface area contributed by atoms with Crippen LogP contribution < -0.4 is 17.0 Å². The second-order valence-corrected chi connectivity index (χ2v) is 3.05. The van der Waals surface area contributed by atoms with Crippen LogP contribution in [0.25, 0.3) is 0 Å². The van der Waals surface area contributed by atoms with E-state index in [0.717, 1.165) is 24.1 Å². The smallest absolute Gasteiger partial charge is 0.0378 e. The van der Waals surface area contributed by atoms with Crippen LogP contribution >= 0.6 is 0 Å². The Kier molecular flexibility index (Phi) is 3.67. The summed E-state index contributed by atoms with van der Waals surface area (Å²) in [6, 6.07) is 2.07. The minimum atomic E-state index is 0.270. The molecule has 0 saturated heterocycles. The zero-order valence-corrected chi connectivity index (χ0v) is 7.83. The number of hydrogen-bond donors (Lipinski definition) is 3. The van der Waals surface area contributed by atoms with Gasteiger partial charge in [0.05, 0.1) is 0 Å². The summed E-state index contributed by atoms with van der Waals surface area (Å²) in [5, 5.41) is 0. The molecule has 5 N–H and O–H groups in total. The third kappa shape index (κ3) is 2.68. The monoisotopic (exact) mass is 180 g/mol. The maximum atomic E-state index is 5.77. The number of nitrogens with one attached hydrogen (secondary N) is 1. The fourth-order valence-electron chi connectivity index (χ4n) is 1.20. The fourth-order valence-corrected chi connectivity index (χ4v) is 1.20. The van der Waals surface area contributed by atoms with Gasteiger partial charge < -0.3 is 5.73 Å². The number of pyridine rings is 1. The summed E-state index contributed by atoms with van der Waals surface area (Å²) in [6.07, 6.45) is 5.28. The molecule has 4 heteroatoms. The molecule has 0 fully saturated rings. The summed E-state index contributed by atoms with van der Waals surface area (Å²) in [6.45, 7) is 2.08. The molecule has 0 spiro atoms. The summed E-state index contributed by atoms with van der Waals surface area (Å²) in [5.74, 6) is 5.37. The van der Waals surface area contributed by atoms with Crippen molar-refractivity contribution in [3.63, 3.8) is 0 Å². The summed E-state index contributed by atoms with van der Waals surface area (Å²) in [5.41, 5.74) is 10.3. The normalized spacial score (nSPS) is 12.8. The molecule has 1 heterocycles. The molecule has 1 aromatic heterocycles. The van der Waals surface area contributed by atoms with Gasteiger partial charge in [-0.15, -0.1) is 0 Å². The lowest BCUT2D eigenvalue weighted by atomic mass is 10.1. The van der Waals surface area contributed by atoms with Crippen molar-refractivity contribution in [1.82, 2.24) is 10.4 Å². The van der Waals surface area contributed by atoms with E-state index in [1.165, 1.54) is 0 Å². The van der Waals surface area contributed by atoms with Crippen LogP contribution in [0.5, 0.6) is 0 Å². The molecule has 72 valence electrons. The minimum absolute atomic E-state index is 0.270. The predicted molar refractivity (Wildman–Crippen MR) is 53.8 cm³/mol. The van der Waals surface area contributed by atoms with Crippen LogP contribution in [0.3, 0.4) is 0 Å². The van der Waals surface area contributed by atoms with E-state index in [4.69, 9.17) is 11.6 Å². The van der Waals surface area contributed by atoms with Crippen molar-refractivity contribution in [2.45, 2.75) is 25.8 Å². The third-order valence-electron chi connectivity index (χ3n) is 2.14. The lowest BCUT2D eigenvalue weighted by molar-refractivity contribution is 0.511. The minimum Gasteiger partial charge on any atom is -0.398 e. The number of hydrazine groups is 1. The van der Waals surface area contributed by atoms with Gasteiger partial charge in [0.25, 0.3) is 0 Å². The first-order chi connectivity index (χ1) is 6.27. The number of nitrogens with zero attached hydrogens (tertiary/aromatic N) is 1. The highest BCUT2D eigenvalue weighted by molar-refractivity contribution is 5.44. The fraction of sp³-hybridized carbons (Fsp3) is 0.444. The van der Waals surface area contributed by atoms with Crippen LogP contribution in [0.2, 0.25) is 0 Å². The van der Waals surface area contributed by atoms with Gasteiger partial charge >= 0.3 is 0 Å². The average Bonchev–Trinajstić information content (AvgIpc) is 2.17. The first-order valence-corrected chi connectivity index (χ1v) is 4.42. The number of nitrogen functional groups attached to an aromatic ring is 1. The summed E-state index contributed by atoms with van der Waals surface area (Å²) in [7, 11) is 0. The number of nitrogens with two attached hydrogens (primary N) is 2. The van der Waals surface area contributed by atoms with E-state index >= 15 is 0 Å². The molecule has 0 saturated carbocycles. The standard InChI is InChI=1S/C9H16N4/c1-2-8(13-11)5-7-6-12-4-3-9(7)10/h3-4,6,8,13H,2,5,11H2,1H3,(H2,10,12). The molecule has 13 heavy (non-hydrogen) atoms. The van der Waals surface area contributed by atoms with Gasteiger partial charge in [0.2, 0.25) is 0 Å². The van der Waals surface area contributed by atoms with Gasteiger partial charge in [0, 0.05) is 24.1 Å². The van der Waals surface area contributed by atoms with Crippen molar-refractivity contribution in [3.05, 3.63) is 24.0 Å². The predicted octanol–water partition coefficient (Wildman–Crippen LogP) is 0.448. The van der Waals surface area contributed by atoms with Gasteiger partial charge in [-0.2, -0.15) is 0 Å². The molecular formula is C9H16N4. The lowest BCUT2D eigenvalue weighted by Crippen LogP contribution is -2.36. The number of rotatable bonds is 4. The van der Waals surface area contributed by atoms with Crippen molar-refractivity contribution < 1.29 is 0 Å². The van der Waals surface area contributed by atoms with Crippen LogP contribution in [-0.2, 0) is 6.42 Å². The first kappa shape index (κ1) is 9.95. The highest BCUT2D eigenvalue weighted by Crippen LogP contribution is 2.11. The largest absolute Gasteiger partial charge is 0.398 e. The van der Waals surface area contributed by atoms with E-state index in [0.29, 0.717) is 0 Å². The van der Waals surface area contributed by atoms with E-state index in [-0.39, 0.29) is 6.04 Å². The Labute approximate surface area is 78.3 Å². The Hall–Kier alpha value is -1.13. The molecule has 1 aromatic rings. The topological polar surface area (TPSA) is 77.0 Å². The molecule has 1 unspecified atom stereocenters. The molecule has 0 aromatic carbocycles. The first-order valence-electron chi connectivity index (χ1n) is 4.42. The molecule has 1 rings (SSSR count). The molecule has 0 radical (unpaired) electrons. The zero-order valence-electron chi connectivity index (χ0n) is 7.83. The van der Waals surface area contributed by atoms with Crippen molar-refractivity contribution in [2.24, 2.45) is 5.84 Å². The molecule has 0 aliphatic heterocycles. The highest BCUT2D eigenvalue weighted by atomic mass is 15.2. The number of hydrogen-bond acceptors (Lipinski definition) is 4. The van der Waals surface area contributed by atoms with Gasteiger partial charge in [-0.1, -0.05) is 6.92 Å². The van der Waals surface area contributed by atoms with Crippen molar-refractivity contribution in [1.29, 1.82) is 0 Å². The molecule has 0 aliphatic carbocycles. The summed E-state index contributed by atoms with van der Waals surface area (Å²) < 4.78 is 0. The molecule has 0 aliphatic rings. The number of aromatic nitrogens is 1. The van der Waals surface area contributed by atoms with E-state index in [2.05, 4.69) is 17.3 Å². The Morgan fingerprint density at radius 3 is 2.92 bits per heavy atom. The average molecular weight is 180 g/mol. The third-order valence-corrected chi connectivity index (χ3v) is 2.14. The molecule has 0 bridgehead atoms. The summed E-state index contributed by atoms with van der Waals surface area (Å²) >= 11 is 0. The van der Waals surface area contributed by atoms with Gasteiger partial charge in [0.1, 0.15) is 0 Å².